The average molecular weight is 433 g/mol. The Kier molecular flexibility index (Phi) is 5.28. The van der Waals surface area contributed by atoms with Crippen LogP contribution in [0.5, 0.6) is 0 Å². The van der Waals surface area contributed by atoms with E-state index in [4.69, 9.17) is 4.98 Å². The van der Waals surface area contributed by atoms with Crippen LogP contribution in [0.25, 0.3) is 21.9 Å². The second-order valence-corrected chi connectivity index (χ2v) is 9.06. The summed E-state index contributed by atoms with van der Waals surface area (Å²) in [7, 11) is 0. The molecule has 0 bridgehead atoms. The van der Waals surface area contributed by atoms with Crippen LogP contribution in [0.4, 0.5) is 0 Å². The standard InChI is InChI=1S/C24H24N4O2S/c1-16(11-12-17-7-3-2-4-8-17)25-20(29)15-28-19-10-6-5-9-18(19)21-22(28)23(30)27-13-14-31-24(27)26-21/h2-10,16H,11-15H2,1H3,(H,25,29)/t16-/m0/s1. The van der Waals surface area contributed by atoms with Crippen molar-refractivity contribution < 1.29 is 4.79 Å². The number of thioether (sulfide) groups is 1. The summed E-state index contributed by atoms with van der Waals surface area (Å²) in [6.07, 6.45) is 1.77. The van der Waals surface area contributed by atoms with E-state index in [2.05, 4.69) is 17.4 Å². The number of amides is 1. The third-order valence-electron chi connectivity index (χ3n) is 5.79. The third kappa shape index (κ3) is 3.74. The quantitative estimate of drug-likeness (QED) is 0.473. The number of nitrogens with zero attached hydrogens (tertiary/aromatic N) is 3. The zero-order valence-electron chi connectivity index (χ0n) is 17.4. The van der Waals surface area contributed by atoms with Gasteiger partial charge in [0.25, 0.3) is 5.56 Å². The van der Waals surface area contributed by atoms with Crippen molar-refractivity contribution in [3.05, 3.63) is 70.5 Å². The van der Waals surface area contributed by atoms with Gasteiger partial charge >= 0.3 is 0 Å². The molecule has 3 heterocycles. The maximum atomic E-state index is 13.2. The van der Waals surface area contributed by atoms with Crippen molar-refractivity contribution in [1.82, 2.24) is 19.4 Å². The lowest BCUT2D eigenvalue weighted by Crippen LogP contribution is -2.36. The number of fused-ring (bicyclic) bond motifs is 4. The molecule has 0 saturated heterocycles. The maximum Gasteiger partial charge on any atom is 0.278 e. The fraction of sp³-hybridized carbons (Fsp3) is 0.292. The number of para-hydroxylation sites is 1. The van der Waals surface area contributed by atoms with E-state index in [-0.39, 0.29) is 24.1 Å². The van der Waals surface area contributed by atoms with Crippen LogP contribution in [0.2, 0.25) is 0 Å². The molecule has 0 unspecified atom stereocenters. The molecule has 0 spiro atoms. The molecular formula is C24H24N4O2S. The van der Waals surface area contributed by atoms with Gasteiger partial charge < -0.3 is 9.88 Å². The van der Waals surface area contributed by atoms with Crippen LogP contribution < -0.4 is 10.9 Å². The van der Waals surface area contributed by atoms with Crippen molar-refractivity contribution in [2.45, 2.75) is 44.1 Å². The van der Waals surface area contributed by atoms with Gasteiger partial charge in [-0.3, -0.25) is 14.2 Å². The lowest BCUT2D eigenvalue weighted by molar-refractivity contribution is -0.122. The number of carbonyl (C=O) groups is 1. The van der Waals surface area contributed by atoms with Crippen LogP contribution in [0.15, 0.2) is 64.5 Å². The van der Waals surface area contributed by atoms with Gasteiger partial charge in [0, 0.05) is 23.7 Å². The summed E-state index contributed by atoms with van der Waals surface area (Å²) in [6, 6.07) is 18.1. The molecular weight excluding hydrogens is 408 g/mol. The van der Waals surface area contributed by atoms with Gasteiger partial charge in [-0.2, -0.15) is 0 Å². The SMILES string of the molecule is C[C@@H](CCc1ccccc1)NC(=O)Cn1c2ccccc2c2nc3n(c(=O)c21)CCS3. The van der Waals surface area contributed by atoms with Crippen LogP contribution in [0.1, 0.15) is 18.9 Å². The molecule has 7 heteroatoms. The fourth-order valence-electron chi connectivity index (χ4n) is 4.25. The summed E-state index contributed by atoms with van der Waals surface area (Å²) < 4.78 is 3.55. The summed E-state index contributed by atoms with van der Waals surface area (Å²) in [5.74, 6) is 0.758. The minimum Gasteiger partial charge on any atom is -0.352 e. The van der Waals surface area contributed by atoms with Gasteiger partial charge in [-0.15, -0.1) is 0 Å². The minimum atomic E-state index is -0.0949. The van der Waals surface area contributed by atoms with E-state index in [1.165, 1.54) is 5.56 Å². The topological polar surface area (TPSA) is 68.9 Å². The first-order valence-electron chi connectivity index (χ1n) is 10.6. The van der Waals surface area contributed by atoms with E-state index in [1.54, 1.807) is 16.3 Å². The highest BCUT2D eigenvalue weighted by Gasteiger charge is 2.23. The van der Waals surface area contributed by atoms with Crippen LogP contribution in [-0.4, -0.2) is 31.8 Å². The van der Waals surface area contributed by atoms with E-state index in [0.717, 1.165) is 34.7 Å². The van der Waals surface area contributed by atoms with Crippen molar-refractivity contribution in [2.75, 3.05) is 5.75 Å². The molecule has 2 aromatic carbocycles. The molecule has 1 atom stereocenters. The minimum absolute atomic E-state index is 0.0423. The molecule has 1 N–H and O–H groups in total. The molecule has 1 aliphatic rings. The van der Waals surface area contributed by atoms with E-state index in [9.17, 15) is 9.59 Å². The third-order valence-corrected chi connectivity index (χ3v) is 6.75. The van der Waals surface area contributed by atoms with Crippen molar-refractivity contribution in [2.24, 2.45) is 0 Å². The molecule has 158 valence electrons. The second-order valence-electron chi connectivity index (χ2n) is 7.99. The number of nitrogens with one attached hydrogen (secondary N) is 1. The predicted molar refractivity (Wildman–Crippen MR) is 125 cm³/mol. The van der Waals surface area contributed by atoms with E-state index >= 15 is 0 Å². The summed E-state index contributed by atoms with van der Waals surface area (Å²) in [5, 5.41) is 4.77. The van der Waals surface area contributed by atoms with Crippen LogP contribution in [0, 0.1) is 0 Å². The van der Waals surface area contributed by atoms with E-state index in [0.29, 0.717) is 17.6 Å². The first-order chi connectivity index (χ1) is 15.1. The number of hydrogen-bond donors (Lipinski definition) is 1. The number of carbonyl (C=O) groups excluding carboxylic acids is 1. The summed E-state index contributed by atoms with van der Waals surface area (Å²) in [5.41, 5.74) is 3.26. The van der Waals surface area contributed by atoms with Gasteiger partial charge in [0.05, 0.1) is 5.52 Å². The largest absolute Gasteiger partial charge is 0.352 e. The van der Waals surface area contributed by atoms with Gasteiger partial charge in [-0.1, -0.05) is 60.3 Å². The van der Waals surface area contributed by atoms with Crippen molar-refractivity contribution in [1.29, 1.82) is 0 Å². The number of rotatable bonds is 6. The van der Waals surface area contributed by atoms with Gasteiger partial charge in [0.1, 0.15) is 17.6 Å². The molecule has 0 fully saturated rings. The Hall–Kier alpha value is -3.06. The molecule has 0 saturated carbocycles. The second kappa shape index (κ2) is 8.23. The van der Waals surface area contributed by atoms with Gasteiger partial charge in [-0.25, -0.2) is 4.98 Å². The van der Waals surface area contributed by atoms with Crippen LogP contribution >= 0.6 is 11.8 Å². The fourth-order valence-corrected chi connectivity index (χ4v) is 5.19. The molecule has 0 aliphatic carbocycles. The molecule has 4 aromatic rings. The molecule has 5 rings (SSSR count). The molecule has 1 aliphatic heterocycles. The first kappa shape index (κ1) is 19.9. The highest BCUT2D eigenvalue weighted by molar-refractivity contribution is 7.99. The Labute approximate surface area is 184 Å². The van der Waals surface area contributed by atoms with Crippen molar-refractivity contribution in [3.8, 4) is 0 Å². The summed E-state index contributed by atoms with van der Waals surface area (Å²) in [6.45, 7) is 2.78. The Bertz CT molecular complexity index is 1330. The van der Waals surface area contributed by atoms with E-state index in [1.807, 2.05) is 54.0 Å². The number of aromatic nitrogens is 3. The molecule has 2 aromatic heterocycles. The van der Waals surface area contributed by atoms with Crippen molar-refractivity contribution >= 4 is 39.6 Å². The number of aryl methyl sites for hydroxylation is 1. The average Bonchev–Trinajstić information content (AvgIpc) is 3.37. The monoisotopic (exact) mass is 432 g/mol. The Balaban J connectivity index is 1.42. The molecule has 1 amide bonds. The smallest absolute Gasteiger partial charge is 0.278 e. The lowest BCUT2D eigenvalue weighted by Gasteiger charge is -2.15. The number of hydrogen-bond acceptors (Lipinski definition) is 4. The van der Waals surface area contributed by atoms with Crippen molar-refractivity contribution in [3.63, 3.8) is 0 Å². The molecule has 0 radical (unpaired) electrons. The first-order valence-corrected chi connectivity index (χ1v) is 11.6. The molecule has 6 nitrogen and oxygen atoms in total. The van der Waals surface area contributed by atoms with Crippen LogP contribution in [-0.2, 0) is 24.3 Å². The molecule has 31 heavy (non-hydrogen) atoms. The highest BCUT2D eigenvalue weighted by Crippen LogP contribution is 2.29. The Morgan fingerprint density at radius 1 is 1.16 bits per heavy atom. The van der Waals surface area contributed by atoms with Crippen LogP contribution in [0.3, 0.4) is 0 Å². The normalized spacial score (nSPS) is 14.1. The van der Waals surface area contributed by atoms with E-state index < -0.39 is 0 Å². The lowest BCUT2D eigenvalue weighted by atomic mass is 10.1. The summed E-state index contributed by atoms with van der Waals surface area (Å²) >= 11 is 1.60. The number of benzene rings is 2. The van der Waals surface area contributed by atoms with Gasteiger partial charge in [0.2, 0.25) is 5.91 Å². The highest BCUT2D eigenvalue weighted by atomic mass is 32.2. The predicted octanol–water partition coefficient (Wildman–Crippen LogP) is 3.59. The van der Waals surface area contributed by atoms with Gasteiger partial charge in [0.15, 0.2) is 5.16 Å². The Morgan fingerprint density at radius 2 is 1.94 bits per heavy atom. The van der Waals surface area contributed by atoms with Gasteiger partial charge in [-0.05, 0) is 31.4 Å². The zero-order chi connectivity index (χ0) is 21.4. The summed E-state index contributed by atoms with van der Waals surface area (Å²) in [4.78, 5) is 30.9. The Morgan fingerprint density at radius 3 is 2.77 bits per heavy atom. The zero-order valence-corrected chi connectivity index (χ0v) is 18.2. The maximum absolute atomic E-state index is 13.2.